The summed E-state index contributed by atoms with van der Waals surface area (Å²) in [4.78, 5) is 25.5. The van der Waals surface area contributed by atoms with Gasteiger partial charge in [-0.15, -0.1) is 6.58 Å². The van der Waals surface area contributed by atoms with E-state index in [2.05, 4.69) is 11.9 Å². The maximum Gasteiger partial charge on any atom is 0.408 e. The third kappa shape index (κ3) is 5.04. The van der Waals surface area contributed by atoms with Crippen LogP contribution in [0, 0.1) is 0 Å². The van der Waals surface area contributed by atoms with Crippen molar-refractivity contribution in [2.24, 2.45) is 0 Å². The molecule has 0 aliphatic carbocycles. The number of hydrogen-bond donors (Lipinski definition) is 1. The molecule has 1 saturated heterocycles. The molecular weight excluding hydrogens is 272 g/mol. The molecule has 21 heavy (non-hydrogen) atoms. The van der Waals surface area contributed by atoms with Crippen molar-refractivity contribution in [3.63, 3.8) is 0 Å². The van der Waals surface area contributed by atoms with E-state index in [1.165, 1.54) is 0 Å². The molecule has 6 nitrogen and oxygen atoms in total. The van der Waals surface area contributed by atoms with Crippen molar-refractivity contribution >= 4 is 12.0 Å². The van der Waals surface area contributed by atoms with Gasteiger partial charge in [-0.25, -0.2) is 4.79 Å². The van der Waals surface area contributed by atoms with E-state index in [0.717, 1.165) is 0 Å². The van der Waals surface area contributed by atoms with Crippen molar-refractivity contribution in [2.45, 2.75) is 58.3 Å². The second-order valence-corrected chi connectivity index (χ2v) is 6.65. The normalized spacial score (nSPS) is 21.0. The summed E-state index contributed by atoms with van der Waals surface area (Å²) >= 11 is 0. The van der Waals surface area contributed by atoms with E-state index in [1.807, 2.05) is 34.6 Å². The molecule has 1 heterocycles. The minimum absolute atomic E-state index is 0.0701. The largest absolute Gasteiger partial charge is 0.439 e. The fraction of sp³-hybridized carbons (Fsp3) is 0.733. The molecule has 0 bridgehead atoms. The molecule has 1 fully saturated rings. The zero-order chi connectivity index (χ0) is 16.3. The van der Waals surface area contributed by atoms with Crippen LogP contribution in [0.1, 0.15) is 41.0 Å². The van der Waals surface area contributed by atoms with Gasteiger partial charge in [-0.3, -0.25) is 4.79 Å². The van der Waals surface area contributed by atoms with Gasteiger partial charge in [0.1, 0.15) is 5.72 Å². The van der Waals surface area contributed by atoms with Crippen molar-refractivity contribution in [1.82, 2.24) is 10.2 Å². The molecule has 6 heteroatoms. The lowest BCUT2D eigenvalue weighted by molar-refractivity contribution is -0.149. The number of rotatable bonds is 4. The van der Waals surface area contributed by atoms with Crippen molar-refractivity contribution in [3.8, 4) is 0 Å². The van der Waals surface area contributed by atoms with Crippen LogP contribution in [0.4, 0.5) is 4.79 Å². The number of nitrogens with zero attached hydrogens (tertiary/aromatic N) is 1. The lowest BCUT2D eigenvalue weighted by Gasteiger charge is -2.33. The Balaban J connectivity index is 2.60. The molecule has 120 valence electrons. The Morgan fingerprint density at radius 2 is 2.10 bits per heavy atom. The number of carbonyl (C=O) groups is 2. The van der Waals surface area contributed by atoms with E-state index in [-0.39, 0.29) is 18.6 Å². The van der Waals surface area contributed by atoms with Gasteiger partial charge in [-0.2, -0.15) is 0 Å². The molecule has 0 radical (unpaired) electrons. The zero-order valence-electron chi connectivity index (χ0n) is 13.6. The predicted molar refractivity (Wildman–Crippen MR) is 79.7 cm³/mol. The number of nitrogens with one attached hydrogen (secondary N) is 1. The van der Waals surface area contributed by atoms with Gasteiger partial charge in [0.25, 0.3) is 5.91 Å². The molecule has 1 aliphatic rings. The van der Waals surface area contributed by atoms with Gasteiger partial charge in [0.05, 0.1) is 12.6 Å². The van der Waals surface area contributed by atoms with Gasteiger partial charge < -0.3 is 19.7 Å². The summed E-state index contributed by atoms with van der Waals surface area (Å²) in [5.74, 6) is -0.270. The predicted octanol–water partition coefficient (Wildman–Crippen LogP) is 2.05. The summed E-state index contributed by atoms with van der Waals surface area (Å²) in [6.07, 6.45) is 1.79. The van der Waals surface area contributed by atoms with Gasteiger partial charge in [0, 0.05) is 5.54 Å². The first kappa shape index (κ1) is 17.5. The van der Waals surface area contributed by atoms with E-state index in [4.69, 9.17) is 9.47 Å². The maximum absolute atomic E-state index is 12.3. The van der Waals surface area contributed by atoms with Gasteiger partial charge in [0.15, 0.2) is 6.61 Å². The fourth-order valence-corrected chi connectivity index (χ4v) is 2.29. The summed E-state index contributed by atoms with van der Waals surface area (Å²) in [7, 11) is 0. The molecule has 1 aliphatic heterocycles. The molecule has 1 N–H and O–H groups in total. The number of ether oxygens (including phenoxy) is 2. The average Bonchev–Trinajstić information content (AvgIpc) is 2.60. The van der Waals surface area contributed by atoms with Crippen molar-refractivity contribution < 1.29 is 19.1 Å². The highest BCUT2D eigenvalue weighted by atomic mass is 16.6. The summed E-state index contributed by atoms with van der Waals surface area (Å²) in [6.45, 7) is 13.0. The molecular formula is C15H26N2O4. The highest BCUT2D eigenvalue weighted by Gasteiger charge is 2.43. The first-order valence-electron chi connectivity index (χ1n) is 7.09. The van der Waals surface area contributed by atoms with Gasteiger partial charge >= 0.3 is 6.09 Å². The second kappa shape index (κ2) is 6.47. The number of hydrogen-bond acceptors (Lipinski definition) is 4. The van der Waals surface area contributed by atoms with E-state index < -0.39 is 17.4 Å². The third-order valence-electron chi connectivity index (χ3n) is 3.09. The Hall–Kier alpha value is -1.56. The first-order valence-corrected chi connectivity index (χ1v) is 7.09. The van der Waals surface area contributed by atoms with Crippen molar-refractivity contribution in [1.29, 1.82) is 0 Å². The Morgan fingerprint density at radius 3 is 2.62 bits per heavy atom. The van der Waals surface area contributed by atoms with Crippen molar-refractivity contribution in [2.75, 3.05) is 13.2 Å². The molecule has 0 unspecified atom stereocenters. The van der Waals surface area contributed by atoms with E-state index >= 15 is 0 Å². The van der Waals surface area contributed by atoms with Crippen LogP contribution >= 0.6 is 0 Å². The van der Waals surface area contributed by atoms with Crippen LogP contribution in [0.5, 0.6) is 0 Å². The van der Waals surface area contributed by atoms with Gasteiger partial charge in [-0.05, 0) is 41.0 Å². The van der Waals surface area contributed by atoms with Gasteiger partial charge in [-0.1, -0.05) is 6.08 Å². The van der Waals surface area contributed by atoms with Crippen LogP contribution in [-0.2, 0) is 14.3 Å². The molecule has 1 atom stereocenters. The minimum atomic E-state index is -0.700. The summed E-state index contributed by atoms with van der Waals surface area (Å²) in [5, 5.41) is 2.64. The maximum atomic E-state index is 12.3. The van der Waals surface area contributed by atoms with Crippen LogP contribution in [-0.4, -0.2) is 47.4 Å². The Kier molecular flexibility index (Phi) is 5.39. The highest BCUT2D eigenvalue weighted by molar-refractivity contribution is 5.81. The topological polar surface area (TPSA) is 67.9 Å². The highest BCUT2D eigenvalue weighted by Crippen LogP contribution is 2.29. The number of alkyl carbamates (subject to hydrolysis) is 1. The Morgan fingerprint density at radius 1 is 1.48 bits per heavy atom. The quantitative estimate of drug-likeness (QED) is 0.807. The van der Waals surface area contributed by atoms with Crippen LogP contribution in [0.3, 0.4) is 0 Å². The van der Waals surface area contributed by atoms with Crippen LogP contribution in [0.25, 0.3) is 0 Å². The molecule has 0 aromatic heterocycles. The molecule has 0 spiro atoms. The van der Waals surface area contributed by atoms with Gasteiger partial charge in [0.2, 0.25) is 0 Å². The smallest absolute Gasteiger partial charge is 0.408 e. The summed E-state index contributed by atoms with van der Waals surface area (Å²) in [6, 6.07) is -0.0701. The monoisotopic (exact) mass is 298 g/mol. The van der Waals surface area contributed by atoms with E-state index in [0.29, 0.717) is 13.0 Å². The summed E-state index contributed by atoms with van der Waals surface area (Å²) in [5.41, 5.74) is -1.10. The minimum Gasteiger partial charge on any atom is -0.439 e. The van der Waals surface area contributed by atoms with Crippen molar-refractivity contribution in [3.05, 3.63) is 12.7 Å². The Bertz CT molecular complexity index is 412. The van der Waals surface area contributed by atoms with E-state index in [9.17, 15) is 9.59 Å². The van der Waals surface area contributed by atoms with Crippen LogP contribution < -0.4 is 5.32 Å². The van der Waals surface area contributed by atoms with Crippen LogP contribution in [0.2, 0.25) is 0 Å². The third-order valence-corrected chi connectivity index (χ3v) is 3.09. The first-order chi connectivity index (χ1) is 9.57. The summed E-state index contributed by atoms with van der Waals surface area (Å²) < 4.78 is 10.6. The lowest BCUT2D eigenvalue weighted by atomic mass is 10.1. The molecule has 1 rings (SSSR count). The fourth-order valence-electron chi connectivity index (χ4n) is 2.29. The molecule has 0 aromatic rings. The SMILES string of the molecule is C=CC[C@H]1COC(C)(C)N1C(=O)COC(=O)NC(C)(C)C. The standard InChI is InChI=1S/C15H26N2O4/c1-7-8-11-9-21-15(5,6)17(11)12(18)10-20-13(19)16-14(2,3)4/h7,11H,1,8-10H2,2-6H3,(H,16,19)/t11-/m0/s1. The lowest BCUT2D eigenvalue weighted by Crippen LogP contribution is -2.50. The molecule has 0 saturated carbocycles. The molecule has 2 amide bonds. The average molecular weight is 298 g/mol. The second-order valence-electron chi connectivity index (χ2n) is 6.65. The van der Waals surface area contributed by atoms with Crippen LogP contribution in [0.15, 0.2) is 12.7 Å². The molecule has 0 aromatic carbocycles. The number of amides is 2. The Labute approximate surface area is 126 Å². The zero-order valence-corrected chi connectivity index (χ0v) is 13.6. The van der Waals surface area contributed by atoms with E-state index in [1.54, 1.807) is 11.0 Å². The number of carbonyl (C=O) groups excluding carboxylic acids is 2.